The number of likely N-dealkylation sites (tertiary alicyclic amines) is 1. The summed E-state index contributed by atoms with van der Waals surface area (Å²) < 4.78 is 6.18. The van der Waals surface area contributed by atoms with E-state index in [1.807, 2.05) is 18.2 Å². The molecule has 1 heterocycles. The number of guanidine groups is 1. The van der Waals surface area contributed by atoms with Gasteiger partial charge in [0, 0.05) is 33.1 Å². The highest BCUT2D eigenvalue weighted by Gasteiger charge is 2.23. The van der Waals surface area contributed by atoms with Crippen molar-refractivity contribution in [2.75, 3.05) is 27.2 Å². The van der Waals surface area contributed by atoms with Crippen LogP contribution >= 0.6 is 39.9 Å². The number of hydrogen-bond donors (Lipinski definition) is 2. The van der Waals surface area contributed by atoms with Crippen molar-refractivity contribution in [1.29, 1.82) is 0 Å². The van der Waals surface area contributed by atoms with Crippen LogP contribution in [0.25, 0.3) is 0 Å². The van der Waals surface area contributed by atoms with Gasteiger partial charge in [-0.3, -0.25) is 9.79 Å². The van der Waals surface area contributed by atoms with Gasteiger partial charge in [0.15, 0.2) is 5.96 Å². The number of benzene rings is 1. The Labute approximate surface area is 174 Å². The summed E-state index contributed by atoms with van der Waals surface area (Å²) in [5.41, 5.74) is 6.47. The molecular formula is C17H26BrIN4O2. The molecule has 2 rings (SSSR count). The third-order valence-corrected chi connectivity index (χ3v) is 4.81. The highest BCUT2D eigenvalue weighted by atomic mass is 127. The molecule has 6 nitrogen and oxygen atoms in total. The van der Waals surface area contributed by atoms with E-state index < -0.39 is 0 Å². The first-order valence-electron chi connectivity index (χ1n) is 8.09. The lowest BCUT2D eigenvalue weighted by Gasteiger charge is -2.34. The minimum atomic E-state index is -0.229. The second-order valence-corrected chi connectivity index (χ2v) is 6.85. The zero-order chi connectivity index (χ0) is 17.5. The summed E-state index contributed by atoms with van der Waals surface area (Å²) in [6, 6.07) is 5.99. The van der Waals surface area contributed by atoms with Crippen molar-refractivity contribution in [2.45, 2.75) is 25.8 Å². The fourth-order valence-electron chi connectivity index (χ4n) is 3.04. The van der Waals surface area contributed by atoms with Crippen LogP contribution in [0.1, 0.15) is 24.8 Å². The van der Waals surface area contributed by atoms with Crippen molar-refractivity contribution in [3.05, 3.63) is 28.2 Å². The summed E-state index contributed by atoms with van der Waals surface area (Å²) in [6.07, 6.45) is 2.54. The summed E-state index contributed by atoms with van der Waals surface area (Å²) >= 11 is 3.50. The first-order valence-corrected chi connectivity index (χ1v) is 8.89. The topological polar surface area (TPSA) is 80.0 Å². The number of aliphatic imine (C=N–C) groups is 1. The smallest absolute Gasteiger partial charge is 0.217 e. The second kappa shape index (κ2) is 10.8. The molecule has 1 fully saturated rings. The molecule has 1 aromatic rings. The lowest BCUT2D eigenvalue weighted by Crippen LogP contribution is -2.46. The molecule has 1 amide bonds. The van der Waals surface area contributed by atoms with E-state index >= 15 is 0 Å². The Kier molecular flexibility index (Phi) is 9.55. The summed E-state index contributed by atoms with van der Waals surface area (Å²) in [7, 11) is 3.43. The van der Waals surface area contributed by atoms with Gasteiger partial charge in [-0.05, 0) is 52.4 Å². The zero-order valence-electron chi connectivity index (χ0n) is 14.6. The maximum absolute atomic E-state index is 11.2. The number of nitrogens with two attached hydrogens (primary N) is 1. The average molecular weight is 525 g/mol. The molecule has 1 saturated heterocycles. The molecule has 25 heavy (non-hydrogen) atoms. The van der Waals surface area contributed by atoms with Gasteiger partial charge in [0.2, 0.25) is 5.91 Å². The molecule has 8 heteroatoms. The molecule has 3 N–H and O–H groups in total. The number of rotatable bonds is 5. The van der Waals surface area contributed by atoms with Crippen molar-refractivity contribution in [2.24, 2.45) is 16.6 Å². The second-order valence-electron chi connectivity index (χ2n) is 5.99. The minimum Gasteiger partial charge on any atom is -0.496 e. The fraction of sp³-hybridized carbons (Fsp3) is 0.529. The van der Waals surface area contributed by atoms with Crippen LogP contribution in [0.15, 0.2) is 27.7 Å². The van der Waals surface area contributed by atoms with E-state index in [2.05, 4.69) is 31.1 Å². The van der Waals surface area contributed by atoms with Gasteiger partial charge in [0.05, 0.1) is 11.6 Å². The fourth-order valence-corrected chi connectivity index (χ4v) is 3.63. The van der Waals surface area contributed by atoms with E-state index in [1.165, 1.54) is 0 Å². The number of carbonyl (C=O) groups is 1. The molecule has 1 aromatic carbocycles. The summed E-state index contributed by atoms with van der Waals surface area (Å²) in [5.74, 6) is 1.75. The number of hydrogen-bond acceptors (Lipinski definition) is 3. The number of nitrogens with zero attached hydrogens (tertiary/aromatic N) is 2. The first kappa shape index (κ1) is 22.0. The van der Waals surface area contributed by atoms with Crippen LogP contribution in [-0.4, -0.2) is 44.0 Å². The van der Waals surface area contributed by atoms with Gasteiger partial charge in [0.1, 0.15) is 5.75 Å². The first-order chi connectivity index (χ1) is 11.5. The summed E-state index contributed by atoms with van der Waals surface area (Å²) in [5, 5.41) is 3.39. The van der Waals surface area contributed by atoms with E-state index in [9.17, 15) is 4.79 Å². The van der Waals surface area contributed by atoms with Crippen molar-refractivity contribution < 1.29 is 9.53 Å². The predicted molar refractivity (Wildman–Crippen MR) is 114 cm³/mol. The minimum absolute atomic E-state index is 0. The van der Waals surface area contributed by atoms with E-state index in [0.717, 1.165) is 47.7 Å². The number of carbonyl (C=O) groups excluding carboxylic acids is 1. The van der Waals surface area contributed by atoms with E-state index in [0.29, 0.717) is 18.9 Å². The molecule has 0 aromatic heterocycles. The number of amides is 1. The van der Waals surface area contributed by atoms with Crippen molar-refractivity contribution in [1.82, 2.24) is 10.2 Å². The van der Waals surface area contributed by atoms with Gasteiger partial charge < -0.3 is 20.7 Å². The quantitative estimate of drug-likeness (QED) is 0.352. The summed E-state index contributed by atoms with van der Waals surface area (Å²) in [4.78, 5) is 17.7. The van der Waals surface area contributed by atoms with E-state index in [-0.39, 0.29) is 29.9 Å². The van der Waals surface area contributed by atoms with Crippen LogP contribution in [0.3, 0.4) is 0 Å². The highest BCUT2D eigenvalue weighted by Crippen LogP contribution is 2.25. The molecule has 0 spiro atoms. The Morgan fingerprint density at radius 1 is 1.52 bits per heavy atom. The molecule has 140 valence electrons. The van der Waals surface area contributed by atoms with Gasteiger partial charge in [-0.1, -0.05) is 6.07 Å². The van der Waals surface area contributed by atoms with Gasteiger partial charge in [-0.2, -0.15) is 0 Å². The Morgan fingerprint density at radius 2 is 2.28 bits per heavy atom. The average Bonchev–Trinajstić information content (AvgIpc) is 2.55. The number of nitrogens with one attached hydrogen (secondary N) is 1. The number of methoxy groups -OCH3 is 1. The van der Waals surface area contributed by atoms with Crippen LogP contribution < -0.4 is 15.8 Å². The Balaban J connectivity index is 0.00000312. The van der Waals surface area contributed by atoms with Gasteiger partial charge in [-0.25, -0.2) is 0 Å². The summed E-state index contributed by atoms with van der Waals surface area (Å²) in [6.45, 7) is 2.43. The lowest BCUT2D eigenvalue weighted by atomic mass is 9.95. The molecule has 0 aliphatic carbocycles. The van der Waals surface area contributed by atoms with Crippen LogP contribution in [0.2, 0.25) is 0 Å². The molecule has 0 saturated carbocycles. The van der Waals surface area contributed by atoms with Crippen LogP contribution in [-0.2, 0) is 11.3 Å². The standard InChI is InChI=1S/C17H25BrN4O2.HI/c1-20-17(22-7-3-4-13(11-22)9-16(19)23)21-10-12-5-6-15(24-2)14(18)8-12;/h5-6,8,13H,3-4,7,9-11H2,1-2H3,(H2,19,23)(H,20,21);1H. The van der Waals surface area contributed by atoms with E-state index in [4.69, 9.17) is 10.5 Å². The molecule has 1 atom stereocenters. The molecule has 1 aliphatic rings. The van der Waals surface area contributed by atoms with Crippen molar-refractivity contribution in [3.8, 4) is 5.75 Å². The Hall–Kier alpha value is -1.03. The third kappa shape index (κ3) is 6.65. The lowest BCUT2D eigenvalue weighted by molar-refractivity contribution is -0.119. The molecule has 1 aliphatic heterocycles. The maximum Gasteiger partial charge on any atom is 0.217 e. The predicted octanol–water partition coefficient (Wildman–Crippen LogP) is 2.74. The number of piperidine rings is 1. The molecule has 0 bridgehead atoms. The monoisotopic (exact) mass is 524 g/mol. The Morgan fingerprint density at radius 3 is 2.88 bits per heavy atom. The zero-order valence-corrected chi connectivity index (χ0v) is 18.5. The largest absolute Gasteiger partial charge is 0.496 e. The number of primary amides is 1. The van der Waals surface area contributed by atoms with Crippen molar-refractivity contribution >= 4 is 51.8 Å². The van der Waals surface area contributed by atoms with Gasteiger partial charge >= 0.3 is 0 Å². The van der Waals surface area contributed by atoms with Gasteiger partial charge in [-0.15, -0.1) is 24.0 Å². The number of ether oxygens (including phenoxy) is 1. The van der Waals surface area contributed by atoms with Gasteiger partial charge in [0.25, 0.3) is 0 Å². The number of halogens is 2. The highest BCUT2D eigenvalue weighted by molar-refractivity contribution is 14.0. The van der Waals surface area contributed by atoms with Crippen LogP contribution in [0.4, 0.5) is 0 Å². The molecule has 1 unspecified atom stereocenters. The van der Waals surface area contributed by atoms with E-state index in [1.54, 1.807) is 14.2 Å². The third-order valence-electron chi connectivity index (χ3n) is 4.19. The normalized spacial score (nSPS) is 17.6. The molecular weight excluding hydrogens is 499 g/mol. The molecule has 0 radical (unpaired) electrons. The van der Waals surface area contributed by atoms with Crippen molar-refractivity contribution in [3.63, 3.8) is 0 Å². The maximum atomic E-state index is 11.2. The van der Waals surface area contributed by atoms with Crippen LogP contribution in [0.5, 0.6) is 5.75 Å². The van der Waals surface area contributed by atoms with Crippen LogP contribution in [0, 0.1) is 5.92 Å². The Bertz CT molecular complexity index is 612. The SMILES string of the molecule is CN=C(NCc1ccc(OC)c(Br)c1)N1CCCC(CC(N)=O)C1.I.